The topological polar surface area (TPSA) is 76.2 Å². The molecule has 0 aliphatic heterocycles. The zero-order chi connectivity index (χ0) is 11.7. The van der Waals surface area contributed by atoms with E-state index in [1.807, 2.05) is 12.1 Å². The summed E-state index contributed by atoms with van der Waals surface area (Å²) in [6, 6.07) is 3.76. The van der Waals surface area contributed by atoms with Crippen LogP contribution in [0.1, 0.15) is 28.7 Å². The summed E-state index contributed by atoms with van der Waals surface area (Å²) in [7, 11) is 0. The average molecular weight is 236 g/mol. The number of pyridine rings is 1. The van der Waals surface area contributed by atoms with Crippen molar-refractivity contribution in [2.75, 3.05) is 5.73 Å². The van der Waals surface area contributed by atoms with E-state index in [2.05, 4.69) is 11.9 Å². The maximum atomic E-state index is 10.9. The number of aryl methyl sites for hydroxylation is 1. The molecule has 3 N–H and O–H groups in total. The Morgan fingerprint density at radius 2 is 2.31 bits per heavy atom. The Morgan fingerprint density at radius 1 is 1.56 bits per heavy atom. The van der Waals surface area contributed by atoms with E-state index >= 15 is 0 Å². The zero-order valence-electron chi connectivity index (χ0n) is 8.86. The minimum absolute atomic E-state index is 0.177. The van der Waals surface area contributed by atoms with Crippen LogP contribution in [0.2, 0.25) is 0 Å². The predicted octanol–water partition coefficient (Wildman–Crippen LogP) is 2.53. The summed E-state index contributed by atoms with van der Waals surface area (Å²) in [5, 5.41) is 9.68. The second-order valence-corrected chi connectivity index (χ2v) is 4.55. The molecule has 4 nitrogen and oxygen atoms in total. The van der Waals surface area contributed by atoms with Gasteiger partial charge < -0.3 is 10.8 Å². The fourth-order valence-electron chi connectivity index (χ4n) is 1.59. The lowest BCUT2D eigenvalue weighted by Gasteiger charge is -1.97. The molecule has 0 atom stereocenters. The van der Waals surface area contributed by atoms with Crippen LogP contribution in [0.4, 0.5) is 5.69 Å². The normalized spacial score (nSPS) is 10.8. The van der Waals surface area contributed by atoms with Gasteiger partial charge in [0.1, 0.15) is 9.71 Å². The van der Waals surface area contributed by atoms with Crippen LogP contribution in [-0.2, 0) is 6.42 Å². The minimum atomic E-state index is -0.988. The molecule has 16 heavy (non-hydrogen) atoms. The third-order valence-corrected chi connectivity index (χ3v) is 3.46. The highest BCUT2D eigenvalue weighted by Gasteiger charge is 2.16. The smallest absolute Gasteiger partial charge is 0.348 e. The molecule has 0 radical (unpaired) electrons. The Bertz CT molecular complexity index is 548. The summed E-state index contributed by atoms with van der Waals surface area (Å²) in [6.45, 7) is 2.08. The van der Waals surface area contributed by atoms with E-state index in [1.165, 1.54) is 0 Å². The van der Waals surface area contributed by atoms with Gasteiger partial charge in [-0.15, -0.1) is 11.3 Å². The molecule has 0 saturated heterocycles. The van der Waals surface area contributed by atoms with Gasteiger partial charge in [-0.2, -0.15) is 0 Å². The molecular weight excluding hydrogens is 224 g/mol. The molecule has 2 aromatic heterocycles. The number of hydrogen-bond acceptors (Lipinski definition) is 4. The molecule has 0 fully saturated rings. The molecule has 0 unspecified atom stereocenters. The number of fused-ring (bicyclic) bond motifs is 1. The number of hydrogen-bond donors (Lipinski definition) is 2. The maximum Gasteiger partial charge on any atom is 0.348 e. The minimum Gasteiger partial charge on any atom is -0.477 e. The highest BCUT2D eigenvalue weighted by atomic mass is 32.1. The Kier molecular flexibility index (Phi) is 2.78. The van der Waals surface area contributed by atoms with E-state index in [9.17, 15) is 4.79 Å². The molecule has 0 aliphatic carbocycles. The molecule has 0 saturated carbocycles. The van der Waals surface area contributed by atoms with E-state index in [4.69, 9.17) is 10.8 Å². The number of nitrogen functional groups attached to an aromatic ring is 1. The number of nitrogens with zero attached hydrogens (tertiary/aromatic N) is 1. The van der Waals surface area contributed by atoms with Gasteiger partial charge in [0.05, 0.1) is 5.69 Å². The van der Waals surface area contributed by atoms with Crippen molar-refractivity contribution in [2.45, 2.75) is 19.8 Å². The van der Waals surface area contributed by atoms with Crippen molar-refractivity contribution < 1.29 is 9.90 Å². The third-order valence-electron chi connectivity index (χ3n) is 2.35. The number of carbonyl (C=O) groups is 1. The predicted molar refractivity (Wildman–Crippen MR) is 65.0 cm³/mol. The van der Waals surface area contributed by atoms with Crippen LogP contribution in [0.15, 0.2) is 12.1 Å². The lowest BCUT2D eigenvalue weighted by atomic mass is 10.2. The zero-order valence-corrected chi connectivity index (χ0v) is 9.67. The SMILES string of the molecule is CCCc1ccc2c(N)c(C(=O)O)sc2n1. The van der Waals surface area contributed by atoms with E-state index in [-0.39, 0.29) is 4.88 Å². The summed E-state index contributed by atoms with van der Waals surface area (Å²) < 4.78 is 0. The standard InChI is InChI=1S/C11H12N2O2S/c1-2-3-6-4-5-7-8(12)9(11(14)15)16-10(7)13-6/h4-5H,2-3,12H2,1H3,(H,14,15). The molecule has 2 rings (SSSR count). The summed E-state index contributed by atoms with van der Waals surface area (Å²) in [4.78, 5) is 16.2. The largest absolute Gasteiger partial charge is 0.477 e. The first-order valence-electron chi connectivity index (χ1n) is 5.04. The number of carboxylic acids is 1. The van der Waals surface area contributed by atoms with Gasteiger partial charge in [-0.25, -0.2) is 9.78 Å². The second-order valence-electron chi connectivity index (χ2n) is 3.56. The van der Waals surface area contributed by atoms with E-state index in [1.54, 1.807) is 0 Å². The number of rotatable bonds is 3. The Labute approximate surface area is 96.7 Å². The molecule has 0 aromatic carbocycles. The molecule has 0 spiro atoms. The van der Waals surface area contributed by atoms with Crippen LogP contribution in [0, 0.1) is 0 Å². The van der Waals surface area contributed by atoms with Gasteiger partial charge in [0.15, 0.2) is 0 Å². The van der Waals surface area contributed by atoms with Crippen LogP contribution >= 0.6 is 11.3 Å². The van der Waals surface area contributed by atoms with E-state index in [0.717, 1.165) is 35.3 Å². The van der Waals surface area contributed by atoms with Gasteiger partial charge in [-0.05, 0) is 18.6 Å². The van der Waals surface area contributed by atoms with Gasteiger partial charge in [-0.1, -0.05) is 13.3 Å². The van der Waals surface area contributed by atoms with Crippen molar-refractivity contribution in [1.29, 1.82) is 0 Å². The maximum absolute atomic E-state index is 10.9. The molecular formula is C11H12N2O2S. The van der Waals surface area contributed by atoms with Gasteiger partial charge in [0.25, 0.3) is 0 Å². The fraction of sp³-hybridized carbons (Fsp3) is 0.273. The van der Waals surface area contributed by atoms with Gasteiger partial charge in [0, 0.05) is 11.1 Å². The lowest BCUT2D eigenvalue weighted by Crippen LogP contribution is -1.97. The molecule has 2 heterocycles. The van der Waals surface area contributed by atoms with Crippen molar-refractivity contribution >= 4 is 33.2 Å². The molecule has 0 amide bonds. The van der Waals surface area contributed by atoms with Gasteiger partial charge in [0.2, 0.25) is 0 Å². The van der Waals surface area contributed by atoms with Gasteiger partial charge >= 0.3 is 5.97 Å². The molecule has 5 heteroatoms. The van der Waals surface area contributed by atoms with Crippen LogP contribution in [0.25, 0.3) is 10.2 Å². The van der Waals surface area contributed by atoms with Gasteiger partial charge in [-0.3, -0.25) is 0 Å². The molecule has 0 aliphatic rings. The second kappa shape index (κ2) is 4.09. The monoisotopic (exact) mass is 236 g/mol. The van der Waals surface area contributed by atoms with E-state index < -0.39 is 5.97 Å². The third kappa shape index (κ3) is 1.74. The average Bonchev–Trinajstić information content (AvgIpc) is 2.56. The number of anilines is 1. The first kappa shape index (κ1) is 10.9. The van der Waals surface area contributed by atoms with Crippen LogP contribution < -0.4 is 5.73 Å². The molecule has 84 valence electrons. The summed E-state index contributed by atoms with van der Waals surface area (Å²) in [5.41, 5.74) is 7.06. The first-order valence-corrected chi connectivity index (χ1v) is 5.86. The number of aromatic nitrogens is 1. The highest BCUT2D eigenvalue weighted by Crippen LogP contribution is 2.32. The van der Waals surface area contributed by atoms with Crippen molar-refractivity contribution in [3.8, 4) is 0 Å². The molecule has 0 bridgehead atoms. The fourth-order valence-corrected chi connectivity index (χ4v) is 2.54. The van der Waals surface area contributed by atoms with Crippen molar-refractivity contribution in [3.05, 3.63) is 22.7 Å². The Balaban J connectivity index is 2.58. The number of aromatic carboxylic acids is 1. The number of nitrogens with two attached hydrogens (primary N) is 1. The summed E-state index contributed by atoms with van der Waals surface area (Å²) >= 11 is 1.14. The number of carboxylic acid groups (broad SMARTS) is 1. The Hall–Kier alpha value is -1.62. The lowest BCUT2D eigenvalue weighted by molar-refractivity contribution is 0.0703. The highest BCUT2D eigenvalue weighted by molar-refractivity contribution is 7.21. The van der Waals surface area contributed by atoms with Crippen molar-refractivity contribution in [1.82, 2.24) is 4.98 Å². The van der Waals surface area contributed by atoms with Crippen LogP contribution in [-0.4, -0.2) is 16.1 Å². The summed E-state index contributed by atoms with van der Waals surface area (Å²) in [5.74, 6) is -0.988. The quantitative estimate of drug-likeness (QED) is 0.858. The summed E-state index contributed by atoms with van der Waals surface area (Å²) in [6.07, 6.45) is 1.92. The van der Waals surface area contributed by atoms with Crippen LogP contribution in [0.3, 0.4) is 0 Å². The molecule has 2 aromatic rings. The Morgan fingerprint density at radius 3 is 2.94 bits per heavy atom. The van der Waals surface area contributed by atoms with Crippen molar-refractivity contribution in [3.63, 3.8) is 0 Å². The van der Waals surface area contributed by atoms with Crippen molar-refractivity contribution in [2.24, 2.45) is 0 Å². The first-order chi connectivity index (χ1) is 7.63. The van der Waals surface area contributed by atoms with E-state index in [0.29, 0.717) is 10.5 Å². The number of thiophene rings is 1. The van der Waals surface area contributed by atoms with Crippen LogP contribution in [0.5, 0.6) is 0 Å².